The van der Waals surface area contributed by atoms with Crippen LogP contribution in [0.2, 0.25) is 0 Å². The highest BCUT2D eigenvalue weighted by molar-refractivity contribution is 5.44. The molecule has 2 aliphatic rings. The Bertz CT molecular complexity index is 442. The fourth-order valence-corrected chi connectivity index (χ4v) is 4.14. The minimum Gasteiger partial charge on any atom is -0.496 e. The van der Waals surface area contributed by atoms with Crippen molar-refractivity contribution in [3.8, 4) is 5.75 Å². The molecule has 0 bridgehead atoms. The van der Waals surface area contributed by atoms with Crippen LogP contribution in [-0.4, -0.2) is 19.2 Å². The average molecular weight is 259 g/mol. The van der Waals surface area contributed by atoms with E-state index >= 15 is 0 Å². The van der Waals surface area contributed by atoms with E-state index in [0.29, 0.717) is 18.0 Å². The molecular weight excluding hydrogens is 234 g/mol. The first-order valence-corrected chi connectivity index (χ1v) is 7.62. The third kappa shape index (κ3) is 2.27. The van der Waals surface area contributed by atoms with Crippen LogP contribution in [-0.2, 0) is 6.42 Å². The van der Waals surface area contributed by atoms with E-state index in [-0.39, 0.29) is 0 Å². The fourth-order valence-electron chi connectivity index (χ4n) is 4.14. The molecule has 0 saturated carbocycles. The molecule has 1 aliphatic carbocycles. The molecule has 19 heavy (non-hydrogen) atoms. The van der Waals surface area contributed by atoms with E-state index in [1.807, 2.05) is 0 Å². The fraction of sp³-hybridized carbons (Fsp3) is 0.647. The monoisotopic (exact) mass is 259 g/mol. The summed E-state index contributed by atoms with van der Waals surface area (Å²) in [4.78, 5) is 0. The zero-order chi connectivity index (χ0) is 13.4. The average Bonchev–Trinajstić information content (AvgIpc) is 2.85. The molecule has 1 N–H and O–H groups in total. The van der Waals surface area contributed by atoms with E-state index in [9.17, 15) is 0 Å². The van der Waals surface area contributed by atoms with Crippen LogP contribution in [0.1, 0.15) is 50.2 Å². The van der Waals surface area contributed by atoms with Crippen molar-refractivity contribution >= 4 is 0 Å². The van der Waals surface area contributed by atoms with Crippen LogP contribution in [0, 0.1) is 5.92 Å². The van der Waals surface area contributed by atoms with E-state index in [2.05, 4.69) is 37.4 Å². The molecule has 1 fully saturated rings. The third-order valence-corrected chi connectivity index (χ3v) is 5.15. The predicted molar refractivity (Wildman–Crippen MR) is 78.8 cm³/mol. The lowest BCUT2D eigenvalue weighted by Gasteiger charge is -2.36. The summed E-state index contributed by atoms with van der Waals surface area (Å²) < 4.78 is 5.59. The predicted octanol–water partition coefficient (Wildman–Crippen LogP) is 3.50. The Labute approximate surface area is 116 Å². The first-order valence-electron chi connectivity index (χ1n) is 7.62. The standard InChI is InChI=1S/C17H25NO/c1-11-7-10-15(18-11)14-9-8-13-5-4-6-16(19-3)17(13)12(14)2/h4-6,11-12,14-15,18H,7-10H2,1-3H3/t11-,12+,14+,15-/m1/s1. The van der Waals surface area contributed by atoms with E-state index in [4.69, 9.17) is 4.74 Å². The van der Waals surface area contributed by atoms with Crippen LogP contribution in [0.15, 0.2) is 18.2 Å². The summed E-state index contributed by atoms with van der Waals surface area (Å²) in [6.07, 6.45) is 5.17. The lowest BCUT2D eigenvalue weighted by Crippen LogP contribution is -2.38. The van der Waals surface area contributed by atoms with Crippen LogP contribution >= 0.6 is 0 Å². The van der Waals surface area contributed by atoms with Gasteiger partial charge in [0.25, 0.3) is 0 Å². The van der Waals surface area contributed by atoms with Gasteiger partial charge >= 0.3 is 0 Å². The minimum atomic E-state index is 0.600. The molecule has 0 spiro atoms. The summed E-state index contributed by atoms with van der Waals surface area (Å²) >= 11 is 0. The van der Waals surface area contributed by atoms with Crippen LogP contribution < -0.4 is 10.1 Å². The zero-order valence-corrected chi connectivity index (χ0v) is 12.3. The van der Waals surface area contributed by atoms with Gasteiger partial charge in [0.05, 0.1) is 7.11 Å². The first-order chi connectivity index (χ1) is 9.20. The molecule has 1 aromatic carbocycles. The number of nitrogens with one attached hydrogen (secondary N) is 1. The molecule has 2 heteroatoms. The molecule has 3 rings (SSSR count). The second-order valence-corrected chi connectivity index (χ2v) is 6.28. The molecule has 0 unspecified atom stereocenters. The normalized spacial score (nSPS) is 34.1. The van der Waals surface area contributed by atoms with Gasteiger partial charge in [-0.2, -0.15) is 0 Å². The van der Waals surface area contributed by atoms with Crippen LogP contribution in [0.25, 0.3) is 0 Å². The third-order valence-electron chi connectivity index (χ3n) is 5.15. The summed E-state index contributed by atoms with van der Waals surface area (Å²) in [5.41, 5.74) is 2.96. The Morgan fingerprint density at radius 3 is 2.68 bits per heavy atom. The van der Waals surface area contributed by atoms with E-state index in [1.165, 1.54) is 36.8 Å². The number of benzene rings is 1. The van der Waals surface area contributed by atoms with Crippen molar-refractivity contribution in [2.45, 2.75) is 57.5 Å². The molecule has 1 aliphatic heterocycles. The SMILES string of the molecule is COc1cccc2c1[C@@H](C)[C@@H]([C@H]1CC[C@@H](C)N1)CC2. The van der Waals surface area contributed by atoms with Crippen molar-refractivity contribution in [1.82, 2.24) is 5.32 Å². The smallest absolute Gasteiger partial charge is 0.122 e. The molecule has 4 atom stereocenters. The first kappa shape index (κ1) is 13.0. The van der Waals surface area contributed by atoms with Crippen molar-refractivity contribution in [3.63, 3.8) is 0 Å². The van der Waals surface area contributed by atoms with E-state index < -0.39 is 0 Å². The molecule has 0 amide bonds. The number of ether oxygens (including phenoxy) is 1. The molecular formula is C17H25NO. The van der Waals surface area contributed by atoms with Crippen LogP contribution in [0.4, 0.5) is 0 Å². The Balaban J connectivity index is 1.88. The number of hydrogen-bond donors (Lipinski definition) is 1. The van der Waals surface area contributed by atoms with E-state index in [0.717, 1.165) is 11.7 Å². The Morgan fingerprint density at radius 1 is 1.16 bits per heavy atom. The highest BCUT2D eigenvalue weighted by Gasteiger charge is 2.36. The van der Waals surface area contributed by atoms with Gasteiger partial charge in [0.1, 0.15) is 5.75 Å². The Kier molecular flexibility index (Phi) is 3.53. The number of methoxy groups -OCH3 is 1. The molecule has 0 radical (unpaired) electrons. The van der Waals surface area contributed by atoms with Crippen molar-refractivity contribution in [3.05, 3.63) is 29.3 Å². The van der Waals surface area contributed by atoms with Gasteiger partial charge in [0, 0.05) is 17.6 Å². The highest BCUT2D eigenvalue weighted by atomic mass is 16.5. The maximum Gasteiger partial charge on any atom is 0.122 e. The van der Waals surface area contributed by atoms with Gasteiger partial charge in [-0.3, -0.25) is 0 Å². The number of aryl methyl sites for hydroxylation is 1. The highest BCUT2D eigenvalue weighted by Crippen LogP contribution is 2.43. The summed E-state index contributed by atoms with van der Waals surface area (Å²) in [6, 6.07) is 7.90. The molecule has 2 nitrogen and oxygen atoms in total. The summed E-state index contributed by atoms with van der Waals surface area (Å²) in [5.74, 6) is 2.44. The Morgan fingerprint density at radius 2 is 2.00 bits per heavy atom. The van der Waals surface area contributed by atoms with Gasteiger partial charge < -0.3 is 10.1 Å². The molecule has 104 valence electrons. The summed E-state index contributed by atoms with van der Waals surface area (Å²) in [7, 11) is 1.79. The van der Waals surface area contributed by atoms with Crippen molar-refractivity contribution in [2.24, 2.45) is 5.92 Å². The van der Waals surface area contributed by atoms with Gasteiger partial charge in [0.2, 0.25) is 0 Å². The van der Waals surface area contributed by atoms with Crippen molar-refractivity contribution in [1.29, 1.82) is 0 Å². The van der Waals surface area contributed by atoms with Gasteiger partial charge in [-0.05, 0) is 56.1 Å². The number of hydrogen-bond acceptors (Lipinski definition) is 2. The van der Waals surface area contributed by atoms with Crippen LogP contribution in [0.5, 0.6) is 5.75 Å². The maximum atomic E-state index is 5.59. The Hall–Kier alpha value is -1.02. The number of rotatable bonds is 2. The van der Waals surface area contributed by atoms with Gasteiger partial charge in [-0.15, -0.1) is 0 Å². The maximum absolute atomic E-state index is 5.59. The zero-order valence-electron chi connectivity index (χ0n) is 12.3. The number of fused-ring (bicyclic) bond motifs is 1. The molecule has 0 aromatic heterocycles. The molecule has 1 saturated heterocycles. The molecule has 1 heterocycles. The lowest BCUT2D eigenvalue weighted by atomic mass is 9.72. The largest absolute Gasteiger partial charge is 0.496 e. The minimum absolute atomic E-state index is 0.600. The summed E-state index contributed by atoms with van der Waals surface area (Å²) in [6.45, 7) is 4.69. The van der Waals surface area contributed by atoms with Gasteiger partial charge in [-0.25, -0.2) is 0 Å². The summed E-state index contributed by atoms with van der Waals surface area (Å²) in [5, 5.41) is 3.78. The second kappa shape index (κ2) is 5.16. The van der Waals surface area contributed by atoms with E-state index in [1.54, 1.807) is 7.11 Å². The van der Waals surface area contributed by atoms with Gasteiger partial charge in [-0.1, -0.05) is 19.1 Å². The van der Waals surface area contributed by atoms with Crippen LogP contribution in [0.3, 0.4) is 0 Å². The lowest BCUT2D eigenvalue weighted by molar-refractivity contribution is 0.290. The molecule has 1 aromatic rings. The quantitative estimate of drug-likeness (QED) is 0.877. The van der Waals surface area contributed by atoms with Gasteiger partial charge in [0.15, 0.2) is 0 Å². The van der Waals surface area contributed by atoms with Crippen molar-refractivity contribution in [2.75, 3.05) is 7.11 Å². The second-order valence-electron chi connectivity index (χ2n) is 6.28. The van der Waals surface area contributed by atoms with Crippen molar-refractivity contribution < 1.29 is 4.74 Å². The topological polar surface area (TPSA) is 21.3 Å².